The van der Waals surface area contributed by atoms with Crippen molar-refractivity contribution in [3.63, 3.8) is 0 Å². The summed E-state index contributed by atoms with van der Waals surface area (Å²) in [6, 6.07) is 0. The van der Waals surface area contributed by atoms with Gasteiger partial charge in [-0.15, -0.1) is 0 Å². The van der Waals surface area contributed by atoms with Gasteiger partial charge in [-0.3, -0.25) is 0 Å². The van der Waals surface area contributed by atoms with Crippen LogP contribution in [-0.4, -0.2) is 14.7 Å². The summed E-state index contributed by atoms with van der Waals surface area (Å²) in [4.78, 5) is 4.24. The number of nitrogens with zero attached hydrogens (tertiary/aromatic N) is 2. The molecule has 1 aromatic heterocycles. The molecule has 3 heteroatoms. The highest BCUT2D eigenvalue weighted by atomic mass is 16.3. The molecule has 1 N–H and O–H groups in total. The Kier molecular flexibility index (Phi) is 2.14. The Bertz CT molecular complexity index is 345. The van der Waals surface area contributed by atoms with E-state index in [1.807, 2.05) is 24.7 Å². The molecule has 14 heavy (non-hydrogen) atoms. The maximum atomic E-state index is 10.6. The highest BCUT2D eigenvalue weighted by Gasteiger charge is 2.41. The van der Waals surface area contributed by atoms with Gasteiger partial charge < -0.3 is 9.67 Å². The molecule has 0 aromatic carbocycles. The van der Waals surface area contributed by atoms with Gasteiger partial charge in [-0.2, -0.15) is 0 Å². The van der Waals surface area contributed by atoms with Crippen LogP contribution in [0.15, 0.2) is 6.20 Å². The lowest BCUT2D eigenvalue weighted by Crippen LogP contribution is -2.30. The molecule has 2 atom stereocenters. The number of imidazole rings is 1. The molecule has 2 unspecified atom stereocenters. The van der Waals surface area contributed by atoms with Crippen molar-refractivity contribution in [3.8, 4) is 0 Å². The molecule has 0 amide bonds. The zero-order valence-electron chi connectivity index (χ0n) is 9.12. The van der Waals surface area contributed by atoms with Crippen molar-refractivity contribution in [2.24, 2.45) is 13.0 Å². The second-order valence-corrected chi connectivity index (χ2v) is 4.47. The van der Waals surface area contributed by atoms with Crippen LogP contribution in [0.3, 0.4) is 0 Å². The van der Waals surface area contributed by atoms with Gasteiger partial charge in [0.15, 0.2) is 0 Å². The Morgan fingerprint density at radius 3 is 2.79 bits per heavy atom. The van der Waals surface area contributed by atoms with Gasteiger partial charge in [0.05, 0.1) is 11.9 Å². The molecule has 0 spiro atoms. The number of aromatic nitrogens is 2. The summed E-state index contributed by atoms with van der Waals surface area (Å²) in [7, 11) is 1.97. The normalized spacial score (nSPS) is 32.4. The molecule has 0 saturated heterocycles. The minimum absolute atomic E-state index is 0.345. The van der Waals surface area contributed by atoms with Crippen LogP contribution in [-0.2, 0) is 12.6 Å². The van der Waals surface area contributed by atoms with E-state index in [1.54, 1.807) is 0 Å². The standard InChI is InChI=1S/C11H18N2O/c1-8-5-4-6-11(8,14)10-7-12-9(2)13(10)3/h7-8,14H,4-6H2,1-3H3. The third-order valence-corrected chi connectivity index (χ3v) is 3.67. The topological polar surface area (TPSA) is 38.1 Å². The predicted octanol–water partition coefficient (Wildman–Crippen LogP) is 1.74. The Labute approximate surface area is 84.8 Å². The largest absolute Gasteiger partial charge is 0.383 e. The monoisotopic (exact) mass is 194 g/mol. The summed E-state index contributed by atoms with van der Waals surface area (Å²) < 4.78 is 2.00. The lowest BCUT2D eigenvalue weighted by Gasteiger charge is -2.28. The van der Waals surface area contributed by atoms with Crippen molar-refractivity contribution >= 4 is 0 Å². The SMILES string of the molecule is Cc1ncc(C2(O)CCCC2C)n1C. The van der Waals surface area contributed by atoms with E-state index in [2.05, 4.69) is 11.9 Å². The van der Waals surface area contributed by atoms with Gasteiger partial charge in [0.25, 0.3) is 0 Å². The molecule has 1 fully saturated rings. The summed E-state index contributed by atoms with van der Waals surface area (Å²) in [5.41, 5.74) is 0.329. The number of aliphatic hydroxyl groups is 1. The van der Waals surface area contributed by atoms with Gasteiger partial charge in [0.2, 0.25) is 0 Å². The first-order valence-corrected chi connectivity index (χ1v) is 5.27. The zero-order valence-corrected chi connectivity index (χ0v) is 9.12. The van der Waals surface area contributed by atoms with E-state index in [4.69, 9.17) is 0 Å². The lowest BCUT2D eigenvalue weighted by atomic mass is 9.89. The molecule has 2 rings (SSSR count). The molecule has 1 heterocycles. The van der Waals surface area contributed by atoms with Crippen LogP contribution >= 0.6 is 0 Å². The molecule has 1 aromatic rings. The molecule has 1 saturated carbocycles. The third kappa shape index (κ3) is 1.19. The predicted molar refractivity (Wildman–Crippen MR) is 54.9 cm³/mol. The number of hydrogen-bond donors (Lipinski definition) is 1. The maximum Gasteiger partial charge on any atom is 0.109 e. The van der Waals surface area contributed by atoms with E-state index in [9.17, 15) is 5.11 Å². The number of rotatable bonds is 1. The van der Waals surface area contributed by atoms with Gasteiger partial charge in [0.1, 0.15) is 11.4 Å². The Balaban J connectivity index is 2.43. The molecule has 78 valence electrons. The molecule has 0 aliphatic heterocycles. The lowest BCUT2D eigenvalue weighted by molar-refractivity contribution is -0.00241. The summed E-state index contributed by atoms with van der Waals surface area (Å²) >= 11 is 0. The first-order valence-electron chi connectivity index (χ1n) is 5.27. The highest BCUT2D eigenvalue weighted by Crippen LogP contribution is 2.43. The molecular formula is C11H18N2O. The van der Waals surface area contributed by atoms with Crippen LogP contribution < -0.4 is 0 Å². The summed E-state index contributed by atoms with van der Waals surface area (Å²) in [5.74, 6) is 1.31. The van der Waals surface area contributed by atoms with E-state index in [0.29, 0.717) is 5.92 Å². The van der Waals surface area contributed by atoms with E-state index in [0.717, 1.165) is 30.8 Å². The van der Waals surface area contributed by atoms with Gasteiger partial charge in [0, 0.05) is 7.05 Å². The Morgan fingerprint density at radius 2 is 2.36 bits per heavy atom. The van der Waals surface area contributed by atoms with Crippen LogP contribution in [0.4, 0.5) is 0 Å². The summed E-state index contributed by atoms with van der Waals surface area (Å²) in [5, 5.41) is 10.6. The Hall–Kier alpha value is -0.830. The fraction of sp³-hybridized carbons (Fsp3) is 0.727. The first-order chi connectivity index (χ1) is 6.55. The van der Waals surface area contributed by atoms with E-state index in [-0.39, 0.29) is 0 Å². The Morgan fingerprint density at radius 1 is 1.64 bits per heavy atom. The average Bonchev–Trinajstić information content (AvgIpc) is 2.62. The third-order valence-electron chi connectivity index (χ3n) is 3.67. The van der Waals surface area contributed by atoms with Crippen LogP contribution in [0, 0.1) is 12.8 Å². The second kappa shape index (κ2) is 3.09. The van der Waals surface area contributed by atoms with Crippen LogP contribution in [0.2, 0.25) is 0 Å². The van der Waals surface area contributed by atoms with Crippen molar-refractivity contribution < 1.29 is 5.11 Å². The average molecular weight is 194 g/mol. The fourth-order valence-corrected chi connectivity index (χ4v) is 2.45. The zero-order chi connectivity index (χ0) is 10.3. The molecule has 0 bridgehead atoms. The van der Waals surface area contributed by atoms with Crippen molar-refractivity contribution in [1.29, 1.82) is 0 Å². The maximum absolute atomic E-state index is 10.6. The van der Waals surface area contributed by atoms with Gasteiger partial charge >= 0.3 is 0 Å². The van der Waals surface area contributed by atoms with Gasteiger partial charge in [-0.05, 0) is 32.1 Å². The molecule has 0 radical (unpaired) electrons. The van der Waals surface area contributed by atoms with E-state index < -0.39 is 5.60 Å². The van der Waals surface area contributed by atoms with Crippen molar-refractivity contribution in [2.45, 2.75) is 38.7 Å². The van der Waals surface area contributed by atoms with E-state index >= 15 is 0 Å². The quantitative estimate of drug-likeness (QED) is 0.739. The molecule has 1 aliphatic rings. The van der Waals surface area contributed by atoms with Crippen LogP contribution in [0.1, 0.15) is 37.7 Å². The first kappa shape index (κ1) is 9.71. The molecule has 1 aliphatic carbocycles. The van der Waals surface area contributed by atoms with Crippen LogP contribution in [0.5, 0.6) is 0 Å². The highest BCUT2D eigenvalue weighted by molar-refractivity contribution is 5.16. The number of hydrogen-bond acceptors (Lipinski definition) is 2. The van der Waals surface area contributed by atoms with Gasteiger partial charge in [-0.1, -0.05) is 6.92 Å². The van der Waals surface area contributed by atoms with Gasteiger partial charge in [-0.25, -0.2) is 4.98 Å². The summed E-state index contributed by atoms with van der Waals surface area (Å²) in [6.45, 7) is 4.09. The fourth-order valence-electron chi connectivity index (χ4n) is 2.45. The van der Waals surface area contributed by atoms with Crippen molar-refractivity contribution in [3.05, 3.63) is 17.7 Å². The second-order valence-electron chi connectivity index (χ2n) is 4.47. The molecule has 3 nitrogen and oxygen atoms in total. The summed E-state index contributed by atoms with van der Waals surface area (Å²) in [6.07, 6.45) is 4.91. The minimum Gasteiger partial charge on any atom is -0.383 e. The van der Waals surface area contributed by atoms with Crippen molar-refractivity contribution in [2.75, 3.05) is 0 Å². The molecular weight excluding hydrogens is 176 g/mol. The minimum atomic E-state index is -0.643. The number of aryl methyl sites for hydroxylation is 1. The van der Waals surface area contributed by atoms with Crippen molar-refractivity contribution in [1.82, 2.24) is 9.55 Å². The smallest absolute Gasteiger partial charge is 0.109 e. The van der Waals surface area contributed by atoms with E-state index in [1.165, 1.54) is 0 Å². The van der Waals surface area contributed by atoms with Crippen LogP contribution in [0.25, 0.3) is 0 Å².